The highest BCUT2D eigenvalue weighted by atomic mass is 35.5. The Balaban J connectivity index is 1.73. The smallest absolute Gasteiger partial charge is 0.237 e. The number of nitrogens with zero attached hydrogens (tertiary/aromatic N) is 2. The monoisotopic (exact) mass is 330 g/mol. The van der Waals surface area contributed by atoms with Crippen molar-refractivity contribution in [2.75, 3.05) is 32.0 Å². The fourth-order valence-corrected chi connectivity index (χ4v) is 2.88. The Morgan fingerprint density at radius 3 is 2.95 bits per heavy atom. The quantitative estimate of drug-likeness (QED) is 0.814. The van der Waals surface area contributed by atoms with Crippen molar-refractivity contribution < 1.29 is 4.79 Å². The summed E-state index contributed by atoms with van der Waals surface area (Å²) in [4.78, 5) is 18.3. The highest BCUT2D eigenvalue weighted by Gasteiger charge is 2.25. The summed E-state index contributed by atoms with van der Waals surface area (Å²) in [5, 5.41) is 7.00. The van der Waals surface area contributed by atoms with E-state index in [9.17, 15) is 4.79 Å². The summed E-state index contributed by atoms with van der Waals surface area (Å²) in [5.74, 6) is 0.666. The fourth-order valence-electron chi connectivity index (χ4n) is 2.44. The van der Waals surface area contributed by atoms with Crippen LogP contribution in [0, 0.1) is 0 Å². The number of carbonyl (C=O) groups excluding carboxylic acids is 1. The number of hydrogen-bond donors (Lipinski definition) is 2. The number of likely N-dealkylation sites (tertiary alicyclic amines) is 1. The Morgan fingerprint density at radius 1 is 1.43 bits per heavy atom. The van der Waals surface area contributed by atoms with Crippen molar-refractivity contribution in [3.05, 3.63) is 22.3 Å². The first-order chi connectivity index (χ1) is 10.1. The van der Waals surface area contributed by atoms with E-state index in [0.29, 0.717) is 29.0 Å². The lowest BCUT2D eigenvalue weighted by Gasteiger charge is -2.31. The molecule has 2 heterocycles. The minimum atomic E-state index is -0.00371. The van der Waals surface area contributed by atoms with Gasteiger partial charge in [0.05, 0.1) is 16.1 Å². The lowest BCUT2D eigenvalue weighted by Crippen LogP contribution is -2.48. The molecule has 2 rings (SSSR count). The third-order valence-electron chi connectivity index (χ3n) is 3.60. The Hall–Kier alpha value is -1.04. The van der Waals surface area contributed by atoms with E-state index < -0.39 is 0 Å². The van der Waals surface area contributed by atoms with Gasteiger partial charge in [-0.15, -0.1) is 0 Å². The third-order valence-corrected chi connectivity index (χ3v) is 4.09. The minimum Gasteiger partial charge on any atom is -0.367 e. The molecule has 1 aliphatic heterocycles. The second-order valence-corrected chi connectivity index (χ2v) is 6.04. The van der Waals surface area contributed by atoms with Crippen LogP contribution in [0.3, 0.4) is 0 Å². The largest absolute Gasteiger partial charge is 0.367 e. The predicted molar refractivity (Wildman–Crippen MR) is 86.0 cm³/mol. The van der Waals surface area contributed by atoms with Crippen LogP contribution in [0.25, 0.3) is 0 Å². The van der Waals surface area contributed by atoms with E-state index >= 15 is 0 Å². The van der Waals surface area contributed by atoms with Crippen molar-refractivity contribution in [2.45, 2.75) is 25.3 Å². The number of aromatic nitrogens is 1. The molecule has 0 radical (unpaired) electrons. The number of piperidine rings is 1. The average Bonchev–Trinajstić information content (AvgIpc) is 2.45. The summed E-state index contributed by atoms with van der Waals surface area (Å²) in [7, 11) is 2.00. The molecule has 116 valence electrons. The molecule has 1 aromatic rings. The molecule has 7 heteroatoms. The van der Waals surface area contributed by atoms with Crippen LogP contribution in [0.5, 0.6) is 0 Å². The van der Waals surface area contributed by atoms with Gasteiger partial charge in [0, 0.05) is 19.3 Å². The standard InChI is InChI=1S/C14H20Cl2N4O/c1-20-7-3-2-4-12(20)14(21)18-6-5-17-13-11(16)8-10(15)9-19-13/h8-9,12H,2-7H2,1H3,(H,17,19)(H,18,21). The second-order valence-electron chi connectivity index (χ2n) is 5.19. The van der Waals surface area contributed by atoms with Gasteiger partial charge in [0.1, 0.15) is 5.82 Å². The first-order valence-electron chi connectivity index (χ1n) is 7.11. The van der Waals surface area contributed by atoms with Gasteiger partial charge >= 0.3 is 0 Å². The van der Waals surface area contributed by atoms with E-state index in [0.717, 1.165) is 19.4 Å². The minimum absolute atomic E-state index is 0.00371. The van der Waals surface area contributed by atoms with E-state index in [4.69, 9.17) is 23.2 Å². The normalized spacial score (nSPS) is 19.3. The highest BCUT2D eigenvalue weighted by Crippen LogP contribution is 2.22. The number of anilines is 1. The first-order valence-corrected chi connectivity index (χ1v) is 7.86. The highest BCUT2D eigenvalue weighted by molar-refractivity contribution is 6.35. The molecule has 1 aromatic heterocycles. The number of carbonyl (C=O) groups is 1. The van der Waals surface area contributed by atoms with Gasteiger partial charge in [-0.25, -0.2) is 4.98 Å². The van der Waals surface area contributed by atoms with Gasteiger partial charge in [-0.05, 0) is 32.5 Å². The summed E-state index contributed by atoms with van der Waals surface area (Å²) >= 11 is 11.8. The Morgan fingerprint density at radius 2 is 2.24 bits per heavy atom. The molecule has 1 atom stereocenters. The summed E-state index contributed by atoms with van der Waals surface area (Å²) < 4.78 is 0. The van der Waals surface area contributed by atoms with Crippen molar-refractivity contribution >= 4 is 34.9 Å². The summed E-state index contributed by atoms with van der Waals surface area (Å²) in [6.07, 6.45) is 4.75. The SMILES string of the molecule is CN1CCCCC1C(=O)NCCNc1ncc(Cl)cc1Cl. The Kier molecular flexibility index (Phi) is 6.08. The van der Waals surface area contributed by atoms with Crippen LogP contribution in [-0.4, -0.2) is 48.5 Å². The van der Waals surface area contributed by atoms with Gasteiger partial charge in [0.2, 0.25) is 5.91 Å². The zero-order valence-corrected chi connectivity index (χ0v) is 13.5. The summed E-state index contributed by atoms with van der Waals surface area (Å²) in [6, 6.07) is 1.63. The molecule has 1 unspecified atom stereocenters. The van der Waals surface area contributed by atoms with Gasteiger partial charge in [0.15, 0.2) is 0 Å². The maximum Gasteiger partial charge on any atom is 0.237 e. The van der Waals surface area contributed by atoms with Crippen molar-refractivity contribution in [1.29, 1.82) is 0 Å². The fraction of sp³-hybridized carbons (Fsp3) is 0.571. The maximum absolute atomic E-state index is 12.1. The lowest BCUT2D eigenvalue weighted by molar-refractivity contribution is -0.126. The molecule has 1 aliphatic rings. The zero-order valence-electron chi connectivity index (χ0n) is 12.0. The molecule has 5 nitrogen and oxygen atoms in total. The van der Waals surface area contributed by atoms with E-state index in [1.165, 1.54) is 12.6 Å². The van der Waals surface area contributed by atoms with Crippen LogP contribution in [-0.2, 0) is 4.79 Å². The molecule has 0 saturated carbocycles. The van der Waals surface area contributed by atoms with Gasteiger partial charge in [0.25, 0.3) is 0 Å². The van der Waals surface area contributed by atoms with Gasteiger partial charge in [-0.2, -0.15) is 0 Å². The number of pyridine rings is 1. The van der Waals surface area contributed by atoms with Crippen molar-refractivity contribution in [3.63, 3.8) is 0 Å². The van der Waals surface area contributed by atoms with E-state index in [2.05, 4.69) is 20.5 Å². The van der Waals surface area contributed by atoms with Crippen LogP contribution < -0.4 is 10.6 Å². The molecule has 0 aromatic carbocycles. The number of halogens is 2. The van der Waals surface area contributed by atoms with Crippen molar-refractivity contribution in [3.8, 4) is 0 Å². The van der Waals surface area contributed by atoms with Crippen LogP contribution in [0.2, 0.25) is 10.0 Å². The first kappa shape index (κ1) is 16.3. The van der Waals surface area contributed by atoms with E-state index in [1.54, 1.807) is 6.07 Å². The van der Waals surface area contributed by atoms with Gasteiger partial charge in [-0.3, -0.25) is 9.69 Å². The molecule has 0 bridgehead atoms. The summed E-state index contributed by atoms with van der Waals surface area (Å²) in [5.41, 5.74) is 0. The third kappa shape index (κ3) is 4.73. The molecule has 1 amide bonds. The topological polar surface area (TPSA) is 57.3 Å². The molecule has 1 fully saturated rings. The molecule has 21 heavy (non-hydrogen) atoms. The maximum atomic E-state index is 12.1. The summed E-state index contributed by atoms with van der Waals surface area (Å²) in [6.45, 7) is 2.08. The van der Waals surface area contributed by atoms with Crippen molar-refractivity contribution in [1.82, 2.24) is 15.2 Å². The lowest BCUT2D eigenvalue weighted by atomic mass is 10.0. The van der Waals surface area contributed by atoms with Crippen LogP contribution in [0.4, 0.5) is 5.82 Å². The van der Waals surface area contributed by atoms with Crippen LogP contribution >= 0.6 is 23.2 Å². The Labute approximate surface area is 135 Å². The molecule has 0 aliphatic carbocycles. The van der Waals surface area contributed by atoms with Crippen molar-refractivity contribution in [2.24, 2.45) is 0 Å². The zero-order chi connectivity index (χ0) is 15.2. The number of nitrogens with one attached hydrogen (secondary N) is 2. The number of rotatable bonds is 5. The molecular formula is C14H20Cl2N4O. The Bertz CT molecular complexity index is 498. The number of likely N-dealkylation sites (N-methyl/N-ethyl adjacent to an activating group) is 1. The van der Waals surface area contributed by atoms with Crippen LogP contribution in [0.1, 0.15) is 19.3 Å². The molecular weight excluding hydrogens is 311 g/mol. The average molecular weight is 331 g/mol. The predicted octanol–water partition coefficient (Wildman–Crippen LogP) is 2.40. The van der Waals surface area contributed by atoms with Gasteiger partial charge in [-0.1, -0.05) is 29.6 Å². The molecule has 0 spiro atoms. The number of amides is 1. The van der Waals surface area contributed by atoms with Gasteiger partial charge < -0.3 is 10.6 Å². The molecule has 2 N–H and O–H groups in total. The van der Waals surface area contributed by atoms with E-state index in [-0.39, 0.29) is 11.9 Å². The number of hydrogen-bond acceptors (Lipinski definition) is 4. The van der Waals surface area contributed by atoms with Crippen LogP contribution in [0.15, 0.2) is 12.3 Å². The second kappa shape index (κ2) is 7.82. The van der Waals surface area contributed by atoms with E-state index in [1.807, 2.05) is 7.05 Å². The molecule has 1 saturated heterocycles.